The Labute approximate surface area is 259 Å². The Morgan fingerprint density at radius 2 is 1.64 bits per heavy atom. The number of hydrogen-bond acceptors (Lipinski definition) is 7. The zero-order valence-electron chi connectivity index (χ0n) is 24.6. The summed E-state index contributed by atoms with van der Waals surface area (Å²) in [4.78, 5) is 30.4. The van der Waals surface area contributed by atoms with Crippen LogP contribution in [0.3, 0.4) is 0 Å². The number of halogens is 2. The molecule has 10 heteroatoms. The molecular weight excluding hydrogens is 581 g/mol. The molecule has 5 aromatic rings. The topological polar surface area (TPSA) is 80.7 Å². The number of amides is 1. The number of carbonyl (C=O) groups excluding carboxylic acids is 1. The molecule has 2 aliphatic heterocycles. The molecule has 7 rings (SSSR count). The molecule has 1 amide bonds. The van der Waals surface area contributed by atoms with Crippen LogP contribution in [0, 0.1) is 5.82 Å². The van der Waals surface area contributed by atoms with E-state index in [9.17, 15) is 4.79 Å². The van der Waals surface area contributed by atoms with Crippen molar-refractivity contribution >= 4 is 45.2 Å². The molecule has 2 bridgehead atoms. The molecule has 0 saturated carbocycles. The van der Waals surface area contributed by atoms with E-state index < -0.39 is 11.4 Å². The summed E-state index contributed by atoms with van der Waals surface area (Å²) in [5.74, 6) is 1.15. The molecule has 2 aliphatic rings. The molecule has 2 saturated heterocycles. The van der Waals surface area contributed by atoms with Crippen molar-refractivity contribution in [2.24, 2.45) is 0 Å². The number of pyridine rings is 1. The molecule has 2 unspecified atom stereocenters. The van der Waals surface area contributed by atoms with Gasteiger partial charge in [0.05, 0.1) is 17.5 Å². The van der Waals surface area contributed by atoms with Gasteiger partial charge in [0.2, 0.25) is 5.28 Å². The first-order chi connectivity index (χ1) is 21.1. The first-order valence-electron chi connectivity index (χ1n) is 14.7. The third-order valence-corrected chi connectivity index (χ3v) is 8.26. The van der Waals surface area contributed by atoms with Crippen LogP contribution in [0.4, 0.5) is 15.0 Å². The summed E-state index contributed by atoms with van der Waals surface area (Å²) in [6.07, 6.45) is 3.00. The Kier molecular flexibility index (Phi) is 7.00. The van der Waals surface area contributed by atoms with E-state index in [1.807, 2.05) is 86.3 Å². The Morgan fingerprint density at radius 1 is 0.932 bits per heavy atom. The number of para-hydroxylation sites is 1. The predicted octanol–water partition coefficient (Wildman–Crippen LogP) is 8.02. The highest BCUT2D eigenvalue weighted by molar-refractivity contribution is 6.28. The standard InChI is InChI=1S/C34H31ClFN5O3/c1-34(2,3)44-33(42)41-21-13-14-22(41)19-40(18-21)31-27-17-37-29(28(36)30(27)38-32(35)39-31)26-16-24(43-23-10-5-4-6-11-23)15-20-9-7-8-12-25(20)26/h4-12,15-17,21-22H,13-14,18-19H2,1-3H3. The van der Waals surface area contributed by atoms with Crippen molar-refractivity contribution in [1.82, 2.24) is 19.9 Å². The van der Waals surface area contributed by atoms with Crippen molar-refractivity contribution in [3.63, 3.8) is 0 Å². The molecule has 0 radical (unpaired) electrons. The fourth-order valence-corrected chi connectivity index (χ4v) is 6.46. The first kappa shape index (κ1) is 28.3. The lowest BCUT2D eigenvalue weighted by atomic mass is 10.00. The summed E-state index contributed by atoms with van der Waals surface area (Å²) in [5, 5.41) is 2.11. The highest BCUT2D eigenvalue weighted by atomic mass is 35.5. The van der Waals surface area contributed by atoms with E-state index >= 15 is 4.39 Å². The normalized spacial score (nSPS) is 18.2. The SMILES string of the molecule is CC(C)(C)OC(=O)N1C2CCC1CN(c1nc(Cl)nc3c(F)c(-c4cc(Oc5ccccc5)cc5ccccc45)ncc13)C2. The Balaban J connectivity index is 1.27. The smallest absolute Gasteiger partial charge is 0.410 e. The number of ether oxygens (including phenoxy) is 2. The quantitative estimate of drug-likeness (QED) is 0.190. The van der Waals surface area contributed by atoms with Crippen molar-refractivity contribution in [1.29, 1.82) is 0 Å². The molecule has 2 atom stereocenters. The van der Waals surface area contributed by atoms with E-state index in [1.54, 1.807) is 12.3 Å². The Hall–Kier alpha value is -4.50. The number of fused-ring (bicyclic) bond motifs is 4. The van der Waals surface area contributed by atoms with Gasteiger partial charge in [0.15, 0.2) is 5.82 Å². The van der Waals surface area contributed by atoms with Gasteiger partial charge in [-0.05, 0) is 80.3 Å². The average Bonchev–Trinajstić information content (AvgIpc) is 3.26. The van der Waals surface area contributed by atoms with Crippen LogP contribution in [0.1, 0.15) is 33.6 Å². The predicted molar refractivity (Wildman–Crippen MR) is 169 cm³/mol. The molecular formula is C34H31ClFN5O3. The van der Waals surface area contributed by atoms with E-state index in [0.717, 1.165) is 23.6 Å². The Morgan fingerprint density at radius 3 is 2.36 bits per heavy atom. The summed E-state index contributed by atoms with van der Waals surface area (Å²) in [6.45, 7) is 6.63. The molecule has 224 valence electrons. The second kappa shape index (κ2) is 10.9. The summed E-state index contributed by atoms with van der Waals surface area (Å²) in [5.41, 5.74) is 0.227. The number of rotatable bonds is 4. The number of aromatic nitrogens is 3. The van der Waals surface area contributed by atoms with E-state index in [2.05, 4.69) is 19.9 Å². The van der Waals surface area contributed by atoms with Gasteiger partial charge in [-0.3, -0.25) is 9.88 Å². The molecule has 0 aliphatic carbocycles. The van der Waals surface area contributed by atoms with Crippen LogP contribution in [0.5, 0.6) is 11.5 Å². The molecule has 4 heterocycles. The van der Waals surface area contributed by atoms with Crippen LogP contribution in [0.2, 0.25) is 5.28 Å². The van der Waals surface area contributed by atoms with Crippen molar-refractivity contribution in [3.05, 3.63) is 84.0 Å². The number of piperazine rings is 1. The van der Waals surface area contributed by atoms with Gasteiger partial charge >= 0.3 is 6.09 Å². The monoisotopic (exact) mass is 611 g/mol. The number of benzene rings is 3. The lowest BCUT2D eigenvalue weighted by Crippen LogP contribution is -2.57. The van der Waals surface area contributed by atoms with Crippen LogP contribution < -0.4 is 9.64 Å². The second-order valence-electron chi connectivity index (χ2n) is 12.3. The van der Waals surface area contributed by atoms with Crippen LogP contribution in [-0.4, -0.2) is 56.7 Å². The summed E-state index contributed by atoms with van der Waals surface area (Å²) >= 11 is 6.42. The lowest BCUT2D eigenvalue weighted by Gasteiger charge is -2.42. The van der Waals surface area contributed by atoms with Gasteiger partial charge in [0.1, 0.15) is 34.1 Å². The second-order valence-corrected chi connectivity index (χ2v) is 12.6. The van der Waals surface area contributed by atoms with Gasteiger partial charge in [0.25, 0.3) is 0 Å². The van der Waals surface area contributed by atoms with Crippen molar-refractivity contribution in [3.8, 4) is 22.8 Å². The maximum Gasteiger partial charge on any atom is 0.410 e. The number of anilines is 1. The third-order valence-electron chi connectivity index (χ3n) is 8.09. The molecule has 3 aromatic carbocycles. The van der Waals surface area contributed by atoms with E-state index in [1.165, 1.54) is 0 Å². The van der Waals surface area contributed by atoms with Gasteiger partial charge in [-0.15, -0.1) is 0 Å². The Bertz CT molecular complexity index is 1880. The van der Waals surface area contributed by atoms with Gasteiger partial charge in [-0.25, -0.2) is 14.2 Å². The lowest BCUT2D eigenvalue weighted by molar-refractivity contribution is 0.0123. The summed E-state index contributed by atoms with van der Waals surface area (Å²) in [7, 11) is 0. The van der Waals surface area contributed by atoms with Crippen LogP contribution in [0.15, 0.2) is 72.9 Å². The van der Waals surface area contributed by atoms with Crippen LogP contribution in [-0.2, 0) is 4.74 Å². The fraction of sp³-hybridized carbons (Fsp3) is 0.294. The minimum absolute atomic E-state index is 0.0526. The summed E-state index contributed by atoms with van der Waals surface area (Å²) in [6, 6.07) is 20.8. The molecule has 2 fully saturated rings. The molecule has 0 spiro atoms. The van der Waals surface area contributed by atoms with Crippen LogP contribution in [0.25, 0.3) is 32.9 Å². The first-order valence-corrected chi connectivity index (χ1v) is 15.1. The van der Waals surface area contributed by atoms with Crippen molar-refractivity contribution < 1.29 is 18.7 Å². The van der Waals surface area contributed by atoms with E-state index in [-0.39, 0.29) is 34.7 Å². The third kappa shape index (κ3) is 5.26. The molecule has 0 N–H and O–H groups in total. The van der Waals surface area contributed by atoms with Crippen molar-refractivity contribution in [2.75, 3.05) is 18.0 Å². The van der Waals surface area contributed by atoms with Gasteiger partial charge < -0.3 is 14.4 Å². The molecule has 2 aromatic heterocycles. The van der Waals surface area contributed by atoms with Gasteiger partial charge in [-0.2, -0.15) is 4.98 Å². The minimum Gasteiger partial charge on any atom is -0.457 e. The highest BCUT2D eigenvalue weighted by Gasteiger charge is 2.45. The molecule has 8 nitrogen and oxygen atoms in total. The molecule has 44 heavy (non-hydrogen) atoms. The van der Waals surface area contributed by atoms with Crippen molar-refractivity contribution in [2.45, 2.75) is 51.3 Å². The average molecular weight is 612 g/mol. The maximum absolute atomic E-state index is 16.5. The maximum atomic E-state index is 16.5. The van der Waals surface area contributed by atoms with E-state index in [0.29, 0.717) is 41.4 Å². The van der Waals surface area contributed by atoms with Gasteiger partial charge in [-0.1, -0.05) is 42.5 Å². The zero-order valence-corrected chi connectivity index (χ0v) is 25.4. The largest absolute Gasteiger partial charge is 0.457 e. The number of hydrogen-bond donors (Lipinski definition) is 0. The minimum atomic E-state index is -0.592. The zero-order chi connectivity index (χ0) is 30.6. The van der Waals surface area contributed by atoms with E-state index in [4.69, 9.17) is 21.1 Å². The number of carbonyl (C=O) groups is 1. The van der Waals surface area contributed by atoms with Gasteiger partial charge in [0, 0.05) is 24.8 Å². The summed E-state index contributed by atoms with van der Waals surface area (Å²) < 4.78 is 28.3. The highest BCUT2D eigenvalue weighted by Crippen LogP contribution is 2.39. The number of nitrogens with zero attached hydrogens (tertiary/aromatic N) is 5. The fourth-order valence-electron chi connectivity index (χ4n) is 6.30. The van der Waals surface area contributed by atoms with Crippen LogP contribution >= 0.6 is 11.6 Å².